The number of nitrogen functional groups attached to an aromatic ring is 1. The highest BCUT2D eigenvalue weighted by molar-refractivity contribution is 5.97. The molecule has 4 aromatic rings. The first-order valence-corrected chi connectivity index (χ1v) is 10.4. The smallest absolute Gasteiger partial charge is 0.250 e. The zero-order valence-corrected chi connectivity index (χ0v) is 17.4. The topological polar surface area (TPSA) is 73.0 Å². The first-order valence-electron chi connectivity index (χ1n) is 10.4. The Labute approximate surface area is 182 Å². The van der Waals surface area contributed by atoms with E-state index in [1.807, 2.05) is 66.7 Å². The van der Waals surface area contributed by atoms with Crippen molar-refractivity contribution < 1.29 is 9.36 Å². The number of anilines is 1. The van der Waals surface area contributed by atoms with E-state index in [0.717, 1.165) is 33.3 Å². The van der Waals surface area contributed by atoms with Crippen LogP contribution in [0.5, 0.6) is 0 Å². The summed E-state index contributed by atoms with van der Waals surface area (Å²) in [7, 11) is 0. The van der Waals surface area contributed by atoms with Crippen LogP contribution in [0.25, 0.3) is 23.1 Å². The van der Waals surface area contributed by atoms with E-state index >= 15 is 0 Å². The molecule has 0 radical (unpaired) electrons. The fraction of sp³-hybridized carbons (Fsp3) is 0.111. The second kappa shape index (κ2) is 9.37. The van der Waals surface area contributed by atoms with Gasteiger partial charge in [0.15, 0.2) is 6.54 Å². The highest BCUT2D eigenvalue weighted by Gasteiger charge is 2.24. The Kier molecular flexibility index (Phi) is 6.20. The number of rotatable bonds is 7. The van der Waals surface area contributed by atoms with Crippen LogP contribution in [-0.4, -0.2) is 12.3 Å². The Morgan fingerprint density at radius 3 is 2.32 bits per heavy atom. The van der Waals surface area contributed by atoms with E-state index in [9.17, 15) is 4.79 Å². The van der Waals surface area contributed by atoms with Crippen molar-refractivity contribution in [1.29, 1.82) is 0 Å². The van der Waals surface area contributed by atoms with E-state index in [4.69, 9.17) is 11.5 Å². The van der Waals surface area contributed by atoms with Crippen LogP contribution < -0.4 is 16.0 Å². The van der Waals surface area contributed by atoms with Gasteiger partial charge in [0.05, 0.1) is 5.39 Å². The average Bonchev–Trinajstić information content (AvgIpc) is 2.80. The molecule has 0 aliphatic rings. The van der Waals surface area contributed by atoms with Gasteiger partial charge in [0, 0.05) is 29.8 Å². The number of carbonyl (C=O) groups excluding carboxylic acids is 1. The van der Waals surface area contributed by atoms with E-state index < -0.39 is 0 Å². The Bertz CT molecular complexity index is 1230. The number of pyridine rings is 1. The Morgan fingerprint density at radius 1 is 0.871 bits per heavy atom. The zero-order valence-electron chi connectivity index (χ0n) is 17.4. The Balaban J connectivity index is 1.86. The molecule has 0 saturated carbocycles. The normalized spacial score (nSPS) is 11.3. The van der Waals surface area contributed by atoms with Crippen LogP contribution in [0.1, 0.15) is 33.6 Å². The number of Topliss-reactive ketones (excluding diaryl/α,β-unsaturated/α-hetero) is 1. The number of benzene rings is 3. The maximum atomic E-state index is 13.0. The first-order chi connectivity index (χ1) is 15.2. The summed E-state index contributed by atoms with van der Waals surface area (Å²) >= 11 is 0. The number of hydrogen-bond donors (Lipinski definition) is 2. The van der Waals surface area contributed by atoms with Gasteiger partial charge in [-0.1, -0.05) is 66.7 Å². The van der Waals surface area contributed by atoms with Crippen molar-refractivity contribution in [3.05, 3.63) is 107 Å². The molecule has 0 spiro atoms. The third-order valence-corrected chi connectivity index (χ3v) is 5.32. The molecule has 0 fully saturated rings. The molecule has 3 aromatic carbocycles. The summed E-state index contributed by atoms with van der Waals surface area (Å²) in [5.41, 5.74) is 17.1. The van der Waals surface area contributed by atoms with E-state index in [1.54, 1.807) is 0 Å². The van der Waals surface area contributed by atoms with E-state index in [1.165, 1.54) is 0 Å². The van der Waals surface area contributed by atoms with Crippen LogP contribution >= 0.6 is 0 Å². The molecule has 4 heteroatoms. The standard InChI is InChI=1S/C27H25N3O/c28-17-16-27(31)26-18-22(13-10-20-11-14-23(29)15-12-20)24-8-4-5-9-25(24)30(26)19-21-6-2-1-3-7-21/h1-15,18,29H,16-17,19,28H2/p+1. The van der Waals surface area contributed by atoms with E-state index in [2.05, 4.69) is 34.9 Å². The molecule has 4 N–H and O–H groups in total. The predicted molar refractivity (Wildman–Crippen MR) is 127 cm³/mol. The zero-order chi connectivity index (χ0) is 21.6. The van der Waals surface area contributed by atoms with Gasteiger partial charge in [0.25, 0.3) is 0 Å². The SMILES string of the molecule is NCCC(=O)c1cc(C=Cc2ccc(N)cc2)c2ccccc2[n+]1Cc1ccccc1. The second-order valence-electron chi connectivity index (χ2n) is 7.54. The second-order valence-corrected chi connectivity index (χ2v) is 7.54. The van der Waals surface area contributed by atoms with Crippen LogP contribution in [0.15, 0.2) is 84.9 Å². The van der Waals surface area contributed by atoms with Crippen molar-refractivity contribution in [2.75, 3.05) is 12.3 Å². The highest BCUT2D eigenvalue weighted by atomic mass is 16.1. The predicted octanol–water partition coefficient (Wildman–Crippen LogP) is 4.46. The molecule has 154 valence electrons. The molecule has 0 aliphatic carbocycles. The Hall–Kier alpha value is -3.76. The molecule has 4 rings (SSSR count). The van der Waals surface area contributed by atoms with Gasteiger partial charge < -0.3 is 11.5 Å². The lowest BCUT2D eigenvalue weighted by atomic mass is 10.0. The van der Waals surface area contributed by atoms with E-state index in [0.29, 0.717) is 25.2 Å². The first kappa shape index (κ1) is 20.5. The summed E-state index contributed by atoms with van der Waals surface area (Å²) in [5, 5.41) is 1.09. The van der Waals surface area contributed by atoms with Crippen molar-refractivity contribution >= 4 is 34.5 Å². The minimum atomic E-state index is 0.0475. The van der Waals surface area contributed by atoms with Gasteiger partial charge in [-0.25, -0.2) is 0 Å². The summed E-state index contributed by atoms with van der Waals surface area (Å²) in [6, 6.07) is 28.1. The van der Waals surface area contributed by atoms with Crippen LogP contribution in [0.3, 0.4) is 0 Å². The van der Waals surface area contributed by atoms with Gasteiger partial charge in [-0.2, -0.15) is 4.57 Å². The summed E-state index contributed by atoms with van der Waals surface area (Å²) in [5.74, 6) is 0.0475. The monoisotopic (exact) mass is 408 g/mol. The fourth-order valence-corrected chi connectivity index (χ4v) is 3.74. The van der Waals surface area contributed by atoms with Crippen LogP contribution in [0, 0.1) is 0 Å². The quantitative estimate of drug-likeness (QED) is 0.269. The third kappa shape index (κ3) is 4.71. The number of ketones is 1. The molecular formula is C27H26N3O+. The maximum Gasteiger partial charge on any atom is 0.250 e. The lowest BCUT2D eigenvalue weighted by Gasteiger charge is -2.10. The molecule has 1 aromatic heterocycles. The molecule has 4 nitrogen and oxygen atoms in total. The minimum absolute atomic E-state index is 0.0475. The number of carbonyl (C=O) groups is 1. The van der Waals surface area contributed by atoms with Crippen molar-refractivity contribution in [2.45, 2.75) is 13.0 Å². The molecule has 0 bridgehead atoms. The van der Waals surface area contributed by atoms with Crippen molar-refractivity contribution in [3.8, 4) is 0 Å². The largest absolute Gasteiger partial charge is 0.399 e. The summed E-state index contributed by atoms with van der Waals surface area (Å²) < 4.78 is 2.10. The van der Waals surface area contributed by atoms with Crippen molar-refractivity contribution in [3.63, 3.8) is 0 Å². The summed E-state index contributed by atoms with van der Waals surface area (Å²) in [6.07, 6.45) is 4.41. The average molecular weight is 409 g/mol. The van der Waals surface area contributed by atoms with Gasteiger partial charge in [-0.05, 0) is 35.9 Å². The Morgan fingerprint density at radius 2 is 1.58 bits per heavy atom. The molecule has 0 atom stereocenters. The molecule has 0 unspecified atom stereocenters. The number of aromatic nitrogens is 1. The number of nitrogens with two attached hydrogens (primary N) is 2. The van der Waals surface area contributed by atoms with E-state index in [-0.39, 0.29) is 5.78 Å². The molecule has 31 heavy (non-hydrogen) atoms. The van der Waals surface area contributed by atoms with Gasteiger partial charge in [-0.15, -0.1) is 0 Å². The molecule has 1 heterocycles. The highest BCUT2D eigenvalue weighted by Crippen LogP contribution is 2.21. The van der Waals surface area contributed by atoms with Gasteiger partial charge in [0.2, 0.25) is 17.0 Å². The van der Waals surface area contributed by atoms with Crippen LogP contribution in [0.4, 0.5) is 5.69 Å². The molecular weight excluding hydrogens is 382 g/mol. The van der Waals surface area contributed by atoms with Crippen LogP contribution in [0.2, 0.25) is 0 Å². The summed E-state index contributed by atoms with van der Waals surface area (Å²) in [6.45, 7) is 0.947. The maximum absolute atomic E-state index is 13.0. The van der Waals surface area contributed by atoms with Crippen LogP contribution in [-0.2, 0) is 6.54 Å². The van der Waals surface area contributed by atoms with Crippen molar-refractivity contribution in [2.24, 2.45) is 5.73 Å². The minimum Gasteiger partial charge on any atom is -0.399 e. The molecule has 0 saturated heterocycles. The number of fused-ring (bicyclic) bond motifs is 1. The number of hydrogen-bond acceptors (Lipinski definition) is 3. The molecule has 0 amide bonds. The summed E-state index contributed by atoms with van der Waals surface area (Å²) in [4.78, 5) is 13.0. The van der Waals surface area contributed by atoms with Gasteiger partial charge >= 0.3 is 0 Å². The number of nitrogens with zero attached hydrogens (tertiary/aromatic N) is 1. The lowest BCUT2D eigenvalue weighted by molar-refractivity contribution is -0.664. The van der Waals surface area contributed by atoms with Crippen molar-refractivity contribution in [1.82, 2.24) is 0 Å². The lowest BCUT2D eigenvalue weighted by Crippen LogP contribution is -2.42. The third-order valence-electron chi connectivity index (χ3n) is 5.32. The number of para-hydroxylation sites is 1. The van der Waals surface area contributed by atoms with Gasteiger partial charge in [0.1, 0.15) is 0 Å². The molecule has 0 aliphatic heterocycles. The van der Waals surface area contributed by atoms with Gasteiger partial charge in [-0.3, -0.25) is 4.79 Å². The fourth-order valence-electron chi connectivity index (χ4n) is 3.74.